The first kappa shape index (κ1) is 23.6. The summed E-state index contributed by atoms with van der Waals surface area (Å²) < 4.78 is 5.96. The Hall–Kier alpha value is -2.11. The Morgan fingerprint density at radius 1 is 0.903 bits per heavy atom. The van der Waals surface area contributed by atoms with Crippen molar-refractivity contribution in [1.82, 2.24) is 14.8 Å². The smallest absolute Gasteiger partial charge is 0.126 e. The maximum atomic E-state index is 5.96. The Morgan fingerprint density at radius 2 is 1.68 bits per heavy atom. The van der Waals surface area contributed by atoms with Crippen molar-refractivity contribution in [2.45, 2.75) is 58.5 Å². The van der Waals surface area contributed by atoms with Crippen LogP contribution in [-0.2, 0) is 6.54 Å². The van der Waals surface area contributed by atoms with Gasteiger partial charge < -0.3 is 15.0 Å². The topological polar surface area (TPSA) is 40.6 Å². The predicted molar refractivity (Wildman–Crippen MR) is 130 cm³/mol. The molecule has 2 aliphatic heterocycles. The first-order valence-corrected chi connectivity index (χ1v) is 11.7. The quantitative estimate of drug-likeness (QED) is 0.571. The van der Waals surface area contributed by atoms with Crippen molar-refractivity contribution in [2.75, 3.05) is 44.6 Å². The highest BCUT2D eigenvalue weighted by atomic mass is 16.5. The molecule has 4 rings (SSSR count). The number of hydrogen-bond donors (Lipinski definition) is 1. The summed E-state index contributed by atoms with van der Waals surface area (Å²) in [6.07, 6.45) is 9.41. The minimum Gasteiger partial charge on any atom is -0.494 e. The number of benzene rings is 1. The van der Waals surface area contributed by atoms with Crippen LogP contribution in [-0.4, -0.2) is 60.2 Å². The second kappa shape index (κ2) is 12.7. The Kier molecular flexibility index (Phi) is 9.63. The van der Waals surface area contributed by atoms with Gasteiger partial charge >= 0.3 is 0 Å². The van der Waals surface area contributed by atoms with Crippen molar-refractivity contribution in [3.05, 3.63) is 54.2 Å². The second-order valence-corrected chi connectivity index (χ2v) is 8.66. The average molecular weight is 425 g/mol. The number of anilines is 1. The van der Waals surface area contributed by atoms with Crippen LogP contribution in [0.15, 0.2) is 48.7 Å². The second-order valence-electron chi connectivity index (χ2n) is 8.66. The Balaban J connectivity index is 0.00000272. The molecule has 0 saturated carbocycles. The molecule has 31 heavy (non-hydrogen) atoms. The van der Waals surface area contributed by atoms with Gasteiger partial charge in [0.2, 0.25) is 0 Å². The molecular formula is C26H40N4O. The van der Waals surface area contributed by atoms with Crippen LogP contribution in [0.3, 0.4) is 0 Å². The third-order valence-electron chi connectivity index (χ3n) is 6.27. The fraction of sp³-hybridized carbons (Fsp3) is 0.577. The number of ether oxygens (including phenoxy) is 1. The third kappa shape index (κ3) is 7.82. The SMILES string of the molecule is C.c1ccc(NC2CCN(Cc3ccc(OCCCN4CCCCC4)cc3)CC2)nc1. The Labute approximate surface area is 188 Å². The van der Waals surface area contributed by atoms with Gasteiger partial charge in [0, 0.05) is 38.4 Å². The van der Waals surface area contributed by atoms with Gasteiger partial charge in [0.25, 0.3) is 0 Å². The van der Waals surface area contributed by atoms with E-state index >= 15 is 0 Å². The highest BCUT2D eigenvalue weighted by molar-refractivity contribution is 5.34. The molecular weight excluding hydrogens is 384 g/mol. The lowest BCUT2D eigenvalue weighted by molar-refractivity contribution is 0.204. The molecule has 170 valence electrons. The minimum absolute atomic E-state index is 0. The van der Waals surface area contributed by atoms with Gasteiger partial charge in [0.1, 0.15) is 11.6 Å². The number of hydrogen-bond acceptors (Lipinski definition) is 5. The highest BCUT2D eigenvalue weighted by Gasteiger charge is 2.19. The van der Waals surface area contributed by atoms with Crippen molar-refractivity contribution in [3.8, 4) is 5.75 Å². The molecule has 2 saturated heterocycles. The molecule has 2 fully saturated rings. The molecule has 5 nitrogen and oxygen atoms in total. The largest absolute Gasteiger partial charge is 0.494 e. The first-order chi connectivity index (χ1) is 14.8. The molecule has 3 heterocycles. The lowest BCUT2D eigenvalue weighted by atomic mass is 10.0. The fourth-order valence-corrected chi connectivity index (χ4v) is 4.50. The van der Waals surface area contributed by atoms with Crippen LogP contribution < -0.4 is 10.1 Å². The van der Waals surface area contributed by atoms with Crippen LogP contribution in [0.25, 0.3) is 0 Å². The zero-order valence-electron chi connectivity index (χ0n) is 18.1. The zero-order valence-corrected chi connectivity index (χ0v) is 18.1. The normalized spacial score (nSPS) is 18.3. The number of aromatic nitrogens is 1. The molecule has 1 aromatic heterocycles. The van der Waals surface area contributed by atoms with Crippen LogP contribution in [0.1, 0.15) is 51.5 Å². The van der Waals surface area contributed by atoms with Gasteiger partial charge in [-0.15, -0.1) is 0 Å². The molecule has 5 heteroatoms. The number of nitrogens with zero attached hydrogens (tertiary/aromatic N) is 3. The molecule has 0 amide bonds. The summed E-state index contributed by atoms with van der Waals surface area (Å²) in [4.78, 5) is 9.50. The molecule has 0 aliphatic carbocycles. The number of piperidine rings is 2. The Bertz CT molecular complexity index is 723. The monoisotopic (exact) mass is 424 g/mol. The van der Waals surface area contributed by atoms with Crippen molar-refractivity contribution in [2.24, 2.45) is 0 Å². The fourth-order valence-electron chi connectivity index (χ4n) is 4.50. The molecule has 2 aliphatic rings. The van der Waals surface area contributed by atoms with E-state index in [0.29, 0.717) is 6.04 Å². The van der Waals surface area contributed by atoms with Crippen molar-refractivity contribution >= 4 is 5.82 Å². The van der Waals surface area contributed by atoms with Gasteiger partial charge in [-0.1, -0.05) is 32.0 Å². The Morgan fingerprint density at radius 3 is 2.39 bits per heavy atom. The molecule has 0 unspecified atom stereocenters. The van der Waals surface area contributed by atoms with E-state index in [9.17, 15) is 0 Å². The summed E-state index contributed by atoms with van der Waals surface area (Å²) in [7, 11) is 0. The van der Waals surface area contributed by atoms with E-state index in [1.807, 2.05) is 24.4 Å². The van der Waals surface area contributed by atoms with Crippen LogP contribution >= 0.6 is 0 Å². The minimum atomic E-state index is 0. The molecule has 0 spiro atoms. The maximum Gasteiger partial charge on any atom is 0.126 e. The van der Waals surface area contributed by atoms with Gasteiger partial charge in [-0.25, -0.2) is 4.98 Å². The number of pyridine rings is 1. The van der Waals surface area contributed by atoms with Gasteiger partial charge in [0.15, 0.2) is 0 Å². The predicted octanol–water partition coefficient (Wildman–Crippen LogP) is 5.05. The standard InChI is InChI=1S/C25H36N4O.CH4/c1-4-15-28(16-5-1)17-6-20-30-24-10-8-22(9-11-24)21-29-18-12-23(13-19-29)27-25-7-2-3-14-26-25;/h2-3,7-11,14,23H,1,4-6,12-13,15-21H2,(H,26,27);1H4. The van der Waals surface area contributed by atoms with E-state index in [2.05, 4.69) is 44.4 Å². The van der Waals surface area contributed by atoms with Gasteiger partial charge in [0.05, 0.1) is 6.61 Å². The maximum absolute atomic E-state index is 5.96. The molecule has 1 N–H and O–H groups in total. The van der Waals surface area contributed by atoms with Gasteiger partial charge in [-0.2, -0.15) is 0 Å². The summed E-state index contributed by atoms with van der Waals surface area (Å²) in [6, 6.07) is 15.3. The van der Waals surface area contributed by atoms with Crippen LogP contribution in [0.4, 0.5) is 5.82 Å². The van der Waals surface area contributed by atoms with Gasteiger partial charge in [-0.3, -0.25) is 4.90 Å². The lowest BCUT2D eigenvalue weighted by Gasteiger charge is -2.32. The lowest BCUT2D eigenvalue weighted by Crippen LogP contribution is -2.38. The summed E-state index contributed by atoms with van der Waals surface area (Å²) >= 11 is 0. The van der Waals surface area contributed by atoms with E-state index in [-0.39, 0.29) is 7.43 Å². The van der Waals surface area contributed by atoms with E-state index in [0.717, 1.165) is 57.1 Å². The number of nitrogens with one attached hydrogen (secondary N) is 1. The van der Waals surface area contributed by atoms with E-state index in [1.54, 1.807) is 0 Å². The first-order valence-electron chi connectivity index (χ1n) is 11.7. The number of likely N-dealkylation sites (tertiary alicyclic amines) is 2. The molecule has 2 aromatic rings. The molecule has 0 bridgehead atoms. The van der Waals surface area contributed by atoms with Crippen molar-refractivity contribution < 1.29 is 4.74 Å². The molecule has 1 aromatic carbocycles. The van der Waals surface area contributed by atoms with Crippen LogP contribution in [0.5, 0.6) is 5.75 Å². The highest BCUT2D eigenvalue weighted by Crippen LogP contribution is 2.19. The number of rotatable bonds is 9. The van der Waals surface area contributed by atoms with Crippen molar-refractivity contribution in [3.63, 3.8) is 0 Å². The van der Waals surface area contributed by atoms with E-state index in [1.165, 1.54) is 44.5 Å². The third-order valence-corrected chi connectivity index (χ3v) is 6.27. The summed E-state index contributed by atoms with van der Waals surface area (Å²) in [5, 5.41) is 3.56. The van der Waals surface area contributed by atoms with Crippen molar-refractivity contribution in [1.29, 1.82) is 0 Å². The van der Waals surface area contributed by atoms with Gasteiger partial charge in [-0.05, 0) is 75.0 Å². The molecule has 0 radical (unpaired) electrons. The van der Waals surface area contributed by atoms with E-state index in [4.69, 9.17) is 4.74 Å². The molecule has 0 atom stereocenters. The van der Waals surface area contributed by atoms with Crippen LogP contribution in [0.2, 0.25) is 0 Å². The van der Waals surface area contributed by atoms with E-state index < -0.39 is 0 Å². The summed E-state index contributed by atoms with van der Waals surface area (Å²) in [5.41, 5.74) is 1.37. The average Bonchev–Trinajstić information content (AvgIpc) is 2.80. The summed E-state index contributed by atoms with van der Waals surface area (Å²) in [5.74, 6) is 1.98. The summed E-state index contributed by atoms with van der Waals surface area (Å²) in [6.45, 7) is 7.79. The van der Waals surface area contributed by atoms with Crippen LogP contribution in [0, 0.1) is 0 Å². The zero-order chi connectivity index (χ0) is 20.4.